The van der Waals surface area contributed by atoms with Crippen LogP contribution in [0.15, 0.2) is 36.5 Å². The number of fused-ring (bicyclic) bond motifs is 1. The molecule has 3 aromatic rings. The molecule has 0 amide bonds. The Labute approximate surface area is 141 Å². The van der Waals surface area contributed by atoms with Crippen LogP contribution in [0.25, 0.3) is 16.9 Å². The van der Waals surface area contributed by atoms with Gasteiger partial charge >= 0.3 is 0 Å². The number of nitrogens with zero attached hydrogens (tertiary/aromatic N) is 3. The van der Waals surface area contributed by atoms with Gasteiger partial charge in [0.25, 0.3) is 5.69 Å². The standard InChI is InChI=1S/C15H12Cl2N4O2/c16-11-3-1-9(7-12(11)17)15-13(5-6-18)19-14-4-2-10(21(22)23)8-20(14)15/h1-4,7-8H,5-6,18H2. The van der Waals surface area contributed by atoms with Crippen molar-refractivity contribution in [2.75, 3.05) is 6.54 Å². The average molecular weight is 351 g/mol. The van der Waals surface area contributed by atoms with Crippen molar-refractivity contribution in [1.29, 1.82) is 0 Å². The second-order valence-electron chi connectivity index (χ2n) is 4.95. The normalized spacial score (nSPS) is 11.1. The summed E-state index contributed by atoms with van der Waals surface area (Å²) in [5, 5.41) is 11.9. The minimum Gasteiger partial charge on any atom is -0.330 e. The number of aromatic nitrogens is 2. The Kier molecular flexibility index (Phi) is 4.21. The Morgan fingerprint density at radius 2 is 2.00 bits per heavy atom. The molecule has 0 fully saturated rings. The van der Waals surface area contributed by atoms with E-state index in [1.807, 2.05) is 0 Å². The number of nitrogens with two attached hydrogens (primary N) is 1. The van der Waals surface area contributed by atoms with Gasteiger partial charge in [0.15, 0.2) is 0 Å². The van der Waals surface area contributed by atoms with Gasteiger partial charge in [-0.15, -0.1) is 0 Å². The number of hydrogen-bond acceptors (Lipinski definition) is 4. The maximum atomic E-state index is 11.0. The van der Waals surface area contributed by atoms with Crippen molar-refractivity contribution in [2.45, 2.75) is 6.42 Å². The van der Waals surface area contributed by atoms with E-state index >= 15 is 0 Å². The first-order valence-corrected chi connectivity index (χ1v) is 7.57. The molecule has 2 aromatic heterocycles. The third-order valence-electron chi connectivity index (χ3n) is 3.46. The van der Waals surface area contributed by atoms with Crippen LogP contribution >= 0.6 is 23.2 Å². The van der Waals surface area contributed by atoms with Crippen molar-refractivity contribution in [1.82, 2.24) is 9.38 Å². The molecule has 0 saturated carbocycles. The van der Waals surface area contributed by atoms with Gasteiger partial charge in [0, 0.05) is 18.1 Å². The molecule has 2 heterocycles. The van der Waals surface area contributed by atoms with E-state index in [1.165, 1.54) is 12.3 Å². The third-order valence-corrected chi connectivity index (χ3v) is 4.20. The SMILES string of the molecule is NCCc1nc2ccc([N+](=O)[O-])cn2c1-c1ccc(Cl)c(Cl)c1. The van der Waals surface area contributed by atoms with Gasteiger partial charge in [-0.05, 0) is 24.7 Å². The lowest BCUT2D eigenvalue weighted by Gasteiger charge is -2.06. The summed E-state index contributed by atoms with van der Waals surface area (Å²) in [6.07, 6.45) is 1.99. The number of halogens is 2. The minimum absolute atomic E-state index is 0.0180. The van der Waals surface area contributed by atoms with Gasteiger partial charge in [-0.1, -0.05) is 29.3 Å². The summed E-state index contributed by atoms with van der Waals surface area (Å²) in [7, 11) is 0. The molecule has 118 valence electrons. The molecule has 0 radical (unpaired) electrons. The van der Waals surface area contributed by atoms with Crippen LogP contribution < -0.4 is 5.73 Å². The summed E-state index contributed by atoms with van der Waals surface area (Å²) < 4.78 is 1.68. The molecule has 6 nitrogen and oxygen atoms in total. The number of nitro groups is 1. The van der Waals surface area contributed by atoms with Crippen molar-refractivity contribution >= 4 is 34.5 Å². The fraction of sp³-hybridized carbons (Fsp3) is 0.133. The highest BCUT2D eigenvalue weighted by Crippen LogP contribution is 2.32. The van der Waals surface area contributed by atoms with Crippen LogP contribution in [0.4, 0.5) is 5.69 Å². The smallest absolute Gasteiger partial charge is 0.286 e. The zero-order valence-corrected chi connectivity index (χ0v) is 13.4. The average Bonchev–Trinajstić information content (AvgIpc) is 2.87. The zero-order chi connectivity index (χ0) is 16.6. The summed E-state index contributed by atoms with van der Waals surface area (Å²) in [4.78, 5) is 15.1. The summed E-state index contributed by atoms with van der Waals surface area (Å²) >= 11 is 12.1. The van der Waals surface area contributed by atoms with Crippen LogP contribution in [0, 0.1) is 10.1 Å². The molecule has 23 heavy (non-hydrogen) atoms. The van der Waals surface area contributed by atoms with Gasteiger partial charge in [0.2, 0.25) is 0 Å². The van der Waals surface area contributed by atoms with Gasteiger partial charge in [0.05, 0.1) is 32.6 Å². The fourth-order valence-corrected chi connectivity index (χ4v) is 2.75. The maximum absolute atomic E-state index is 11.0. The van der Waals surface area contributed by atoms with Crippen molar-refractivity contribution < 1.29 is 4.92 Å². The Morgan fingerprint density at radius 1 is 1.22 bits per heavy atom. The highest BCUT2D eigenvalue weighted by atomic mass is 35.5. The second kappa shape index (κ2) is 6.16. The molecule has 0 aliphatic heterocycles. The van der Waals surface area contributed by atoms with Crippen molar-refractivity contribution in [3.8, 4) is 11.3 Å². The highest BCUT2D eigenvalue weighted by molar-refractivity contribution is 6.42. The van der Waals surface area contributed by atoms with E-state index in [4.69, 9.17) is 28.9 Å². The lowest BCUT2D eigenvalue weighted by atomic mass is 10.1. The molecule has 8 heteroatoms. The summed E-state index contributed by atoms with van der Waals surface area (Å²) in [6, 6.07) is 8.23. The molecular weight excluding hydrogens is 339 g/mol. The van der Waals surface area contributed by atoms with Crippen LogP contribution in [0.3, 0.4) is 0 Å². The quantitative estimate of drug-likeness (QED) is 0.573. The molecule has 0 aliphatic rings. The highest BCUT2D eigenvalue weighted by Gasteiger charge is 2.17. The monoisotopic (exact) mass is 350 g/mol. The van der Waals surface area contributed by atoms with Gasteiger partial charge < -0.3 is 5.73 Å². The molecule has 1 aromatic carbocycles. The molecular formula is C15H12Cl2N4O2. The van der Waals surface area contributed by atoms with Crippen molar-refractivity contribution in [3.05, 3.63) is 62.4 Å². The Morgan fingerprint density at radius 3 is 2.65 bits per heavy atom. The van der Waals surface area contributed by atoms with Gasteiger partial charge in [0.1, 0.15) is 5.65 Å². The summed E-state index contributed by atoms with van der Waals surface area (Å²) in [5.41, 5.74) is 8.51. The number of hydrogen-bond donors (Lipinski definition) is 1. The van der Waals surface area contributed by atoms with E-state index < -0.39 is 4.92 Å². The van der Waals surface area contributed by atoms with E-state index in [2.05, 4.69) is 4.98 Å². The molecule has 0 unspecified atom stereocenters. The predicted molar refractivity (Wildman–Crippen MR) is 90.1 cm³/mol. The molecule has 3 rings (SSSR count). The Bertz CT molecular complexity index is 908. The minimum atomic E-state index is -0.444. The first kappa shape index (κ1) is 15.7. The van der Waals surface area contributed by atoms with Gasteiger partial charge in [-0.2, -0.15) is 0 Å². The van der Waals surface area contributed by atoms with Gasteiger partial charge in [-0.25, -0.2) is 4.98 Å². The maximum Gasteiger partial charge on any atom is 0.286 e. The lowest BCUT2D eigenvalue weighted by Crippen LogP contribution is -2.04. The largest absolute Gasteiger partial charge is 0.330 e. The molecule has 0 saturated heterocycles. The molecule has 0 bridgehead atoms. The van der Waals surface area contributed by atoms with Gasteiger partial charge in [-0.3, -0.25) is 14.5 Å². The third kappa shape index (κ3) is 2.88. The van der Waals surface area contributed by atoms with Crippen LogP contribution in [0.1, 0.15) is 5.69 Å². The molecule has 0 atom stereocenters. The topological polar surface area (TPSA) is 86.5 Å². The van der Waals surface area contributed by atoms with E-state index in [0.717, 1.165) is 17.0 Å². The van der Waals surface area contributed by atoms with Crippen LogP contribution in [0.5, 0.6) is 0 Å². The molecule has 0 spiro atoms. The van der Waals surface area contributed by atoms with Crippen LogP contribution in [-0.4, -0.2) is 20.9 Å². The van der Waals surface area contributed by atoms with E-state index in [-0.39, 0.29) is 5.69 Å². The molecule has 2 N–H and O–H groups in total. The number of pyridine rings is 1. The predicted octanol–water partition coefficient (Wildman–Crippen LogP) is 3.72. The summed E-state index contributed by atoms with van der Waals surface area (Å²) in [6.45, 7) is 0.417. The van der Waals surface area contributed by atoms with Crippen molar-refractivity contribution in [3.63, 3.8) is 0 Å². The Hall–Kier alpha value is -2.15. The Balaban J connectivity index is 2.29. The van der Waals surface area contributed by atoms with Crippen LogP contribution in [0.2, 0.25) is 10.0 Å². The lowest BCUT2D eigenvalue weighted by molar-refractivity contribution is -0.385. The first-order valence-electron chi connectivity index (χ1n) is 6.82. The number of imidazole rings is 1. The number of rotatable bonds is 4. The van der Waals surface area contributed by atoms with Crippen LogP contribution in [-0.2, 0) is 6.42 Å². The fourth-order valence-electron chi connectivity index (χ4n) is 2.45. The van der Waals surface area contributed by atoms with Crippen molar-refractivity contribution in [2.24, 2.45) is 5.73 Å². The first-order chi connectivity index (χ1) is 11.0. The second-order valence-corrected chi connectivity index (χ2v) is 5.76. The van der Waals surface area contributed by atoms with E-state index in [9.17, 15) is 10.1 Å². The van der Waals surface area contributed by atoms with E-state index in [0.29, 0.717) is 28.7 Å². The number of benzene rings is 1. The zero-order valence-electron chi connectivity index (χ0n) is 11.9. The molecule has 0 aliphatic carbocycles. The summed E-state index contributed by atoms with van der Waals surface area (Å²) in [5.74, 6) is 0. The van der Waals surface area contributed by atoms with E-state index in [1.54, 1.807) is 28.7 Å².